The van der Waals surface area contributed by atoms with E-state index in [2.05, 4.69) is 19.7 Å². The number of nitrogens with two attached hydrogens (primary N) is 1. The average molecular weight is 501 g/mol. The zero-order valence-electron chi connectivity index (χ0n) is 18.2. The van der Waals surface area contributed by atoms with E-state index in [1.807, 2.05) is 0 Å². The maximum atomic E-state index is 14.8. The molecule has 2 aromatic carbocycles. The van der Waals surface area contributed by atoms with E-state index in [0.717, 1.165) is 0 Å². The molecule has 180 valence electrons. The van der Waals surface area contributed by atoms with Crippen LogP contribution in [0.5, 0.6) is 17.4 Å². The van der Waals surface area contributed by atoms with Gasteiger partial charge in [0.1, 0.15) is 5.75 Å². The summed E-state index contributed by atoms with van der Waals surface area (Å²) >= 11 is -1.95. The molecule has 0 aliphatic carbocycles. The predicted molar refractivity (Wildman–Crippen MR) is 125 cm³/mol. The van der Waals surface area contributed by atoms with Crippen LogP contribution in [0.1, 0.15) is 5.56 Å². The fourth-order valence-corrected chi connectivity index (χ4v) is 4.04. The first-order valence-corrected chi connectivity index (χ1v) is 11.3. The number of ether oxygens (including phenoxy) is 2. The van der Waals surface area contributed by atoms with Crippen LogP contribution in [-0.2, 0) is 17.1 Å². The first kappa shape index (κ1) is 24.1. The third-order valence-corrected chi connectivity index (χ3v) is 5.75. The fraction of sp³-hybridized carbons (Fsp3) is 0.0870. The minimum atomic E-state index is -1.95. The lowest BCUT2D eigenvalue weighted by Crippen LogP contribution is -2.18. The van der Waals surface area contributed by atoms with Gasteiger partial charge >= 0.3 is 0 Å². The van der Waals surface area contributed by atoms with Gasteiger partial charge in [-0.2, -0.15) is 4.39 Å². The summed E-state index contributed by atoms with van der Waals surface area (Å²) in [6.07, 6.45) is 2.76. The number of hydrogen-bond donors (Lipinski definition) is 2. The smallest absolute Gasteiger partial charge is 0.228 e. The zero-order chi connectivity index (χ0) is 24.9. The third-order valence-electron chi connectivity index (χ3n) is 4.73. The largest absolute Gasteiger partial charge is 0.593 e. The van der Waals surface area contributed by atoms with Gasteiger partial charge in [-0.05, 0) is 30.3 Å². The Morgan fingerprint density at radius 3 is 2.51 bits per heavy atom. The monoisotopic (exact) mass is 501 g/mol. The third kappa shape index (κ3) is 5.55. The van der Waals surface area contributed by atoms with Gasteiger partial charge in [0, 0.05) is 24.0 Å². The van der Waals surface area contributed by atoms with Crippen molar-refractivity contribution in [3.8, 4) is 28.6 Å². The van der Waals surface area contributed by atoms with Gasteiger partial charge in [-0.3, -0.25) is 0 Å². The highest BCUT2D eigenvalue weighted by molar-refractivity contribution is 7.91. The van der Waals surface area contributed by atoms with Crippen molar-refractivity contribution in [2.24, 2.45) is 0 Å². The second-order valence-corrected chi connectivity index (χ2v) is 8.24. The number of nitrogens with zero attached hydrogens (tertiary/aromatic N) is 3. The number of aromatic nitrogens is 3. The Morgan fingerprint density at radius 2 is 1.80 bits per heavy atom. The molecule has 4 rings (SSSR count). The van der Waals surface area contributed by atoms with Crippen LogP contribution in [-0.4, -0.2) is 26.6 Å². The van der Waals surface area contributed by atoms with Crippen LogP contribution in [0.15, 0.2) is 60.9 Å². The second-order valence-electron chi connectivity index (χ2n) is 7.06. The molecule has 0 aliphatic heterocycles. The van der Waals surface area contributed by atoms with Crippen LogP contribution in [0, 0.1) is 17.5 Å². The molecular formula is C23H18F3N5O3S. The van der Waals surface area contributed by atoms with E-state index < -0.39 is 40.3 Å². The highest BCUT2D eigenvalue weighted by Crippen LogP contribution is 2.35. The van der Waals surface area contributed by atoms with Crippen LogP contribution in [0.3, 0.4) is 0 Å². The molecule has 4 aromatic rings. The van der Waals surface area contributed by atoms with Crippen molar-refractivity contribution in [1.29, 1.82) is 0 Å². The summed E-state index contributed by atoms with van der Waals surface area (Å²) in [6, 6.07) is 11.9. The van der Waals surface area contributed by atoms with E-state index in [0.29, 0.717) is 28.6 Å². The number of rotatable bonds is 8. The molecule has 0 spiro atoms. The number of nitrogen functional groups attached to an aromatic ring is 1. The Kier molecular flexibility index (Phi) is 7.22. The van der Waals surface area contributed by atoms with Crippen molar-refractivity contribution in [3.63, 3.8) is 0 Å². The van der Waals surface area contributed by atoms with Crippen LogP contribution in [0.25, 0.3) is 11.3 Å². The van der Waals surface area contributed by atoms with Gasteiger partial charge in [-0.1, -0.05) is 12.1 Å². The van der Waals surface area contributed by atoms with Crippen molar-refractivity contribution in [1.82, 2.24) is 15.0 Å². The molecule has 2 heterocycles. The standard InChI is InChI=1S/C23H18F3N5O3S/c1-33-14-6-4-13(5-7-14)12-35(32)31-21-16(24)11-18(19(25)20(21)26)34-22-15(3-2-9-28-22)17-8-10-29-23(27)30-17/h2-11,31H,12H2,1H3,(H2,27,29,30). The van der Waals surface area contributed by atoms with Gasteiger partial charge in [-0.15, -0.1) is 0 Å². The van der Waals surface area contributed by atoms with Crippen molar-refractivity contribution >= 4 is 23.0 Å². The summed E-state index contributed by atoms with van der Waals surface area (Å²) in [4.78, 5) is 11.8. The number of benzene rings is 2. The first-order valence-electron chi connectivity index (χ1n) is 10.0. The molecule has 1 unspecified atom stereocenters. The molecule has 12 heteroatoms. The minimum Gasteiger partial charge on any atom is -0.593 e. The van der Waals surface area contributed by atoms with Gasteiger partial charge in [0.2, 0.25) is 17.6 Å². The van der Waals surface area contributed by atoms with Crippen LogP contribution in [0.4, 0.5) is 24.8 Å². The lowest BCUT2D eigenvalue weighted by Gasteiger charge is -2.16. The van der Waals surface area contributed by atoms with Gasteiger partial charge in [-0.25, -0.2) is 28.5 Å². The van der Waals surface area contributed by atoms with Gasteiger partial charge < -0.3 is 19.8 Å². The van der Waals surface area contributed by atoms with E-state index >= 15 is 0 Å². The molecular weight excluding hydrogens is 483 g/mol. The maximum Gasteiger partial charge on any atom is 0.228 e. The molecule has 0 saturated heterocycles. The van der Waals surface area contributed by atoms with Crippen molar-refractivity contribution in [3.05, 3.63) is 83.9 Å². The van der Waals surface area contributed by atoms with Crippen LogP contribution in [0.2, 0.25) is 0 Å². The number of nitrogens with one attached hydrogen (secondary N) is 1. The van der Waals surface area contributed by atoms with Crippen molar-refractivity contribution in [2.75, 3.05) is 17.6 Å². The van der Waals surface area contributed by atoms with Gasteiger partial charge in [0.25, 0.3) is 0 Å². The highest BCUT2D eigenvalue weighted by atomic mass is 32.2. The second kappa shape index (κ2) is 10.5. The zero-order valence-corrected chi connectivity index (χ0v) is 19.0. The molecule has 0 amide bonds. The summed E-state index contributed by atoms with van der Waals surface area (Å²) in [7, 11) is 1.50. The fourth-order valence-electron chi connectivity index (χ4n) is 3.06. The van der Waals surface area contributed by atoms with E-state index in [1.54, 1.807) is 36.4 Å². The molecule has 0 bridgehead atoms. The SMILES string of the molecule is COc1ccc(C[S+]([O-])Nc2c(F)cc(Oc3ncccc3-c3ccnc(N)n3)c(F)c2F)cc1. The predicted octanol–water partition coefficient (Wildman–Crippen LogP) is 4.61. The highest BCUT2D eigenvalue weighted by Gasteiger charge is 2.25. The minimum absolute atomic E-state index is 0.0151. The molecule has 2 aromatic heterocycles. The molecule has 3 N–H and O–H groups in total. The Balaban J connectivity index is 1.56. The van der Waals surface area contributed by atoms with Crippen LogP contribution >= 0.6 is 0 Å². The number of anilines is 2. The van der Waals surface area contributed by atoms with E-state index in [4.69, 9.17) is 15.2 Å². The summed E-state index contributed by atoms with van der Waals surface area (Å²) in [5.41, 5.74) is 5.94. The molecule has 0 radical (unpaired) electrons. The Bertz CT molecular complexity index is 1340. The van der Waals surface area contributed by atoms with Gasteiger partial charge in [0.05, 0.1) is 29.7 Å². The number of pyridine rings is 1. The van der Waals surface area contributed by atoms with E-state index in [1.165, 1.54) is 25.6 Å². The van der Waals surface area contributed by atoms with E-state index in [9.17, 15) is 17.7 Å². The van der Waals surface area contributed by atoms with E-state index in [-0.39, 0.29) is 17.6 Å². The van der Waals surface area contributed by atoms with Crippen molar-refractivity contribution < 1.29 is 27.2 Å². The summed E-state index contributed by atoms with van der Waals surface area (Å²) < 4.78 is 69.3. The molecule has 0 aliphatic rings. The normalized spacial score (nSPS) is 11.7. The van der Waals surface area contributed by atoms with Crippen molar-refractivity contribution in [2.45, 2.75) is 5.75 Å². The molecule has 35 heavy (non-hydrogen) atoms. The topological polar surface area (TPSA) is 118 Å². The average Bonchev–Trinajstić information content (AvgIpc) is 2.86. The molecule has 1 atom stereocenters. The molecule has 8 nitrogen and oxygen atoms in total. The first-order chi connectivity index (χ1) is 16.9. The maximum absolute atomic E-state index is 14.8. The lowest BCUT2D eigenvalue weighted by molar-refractivity contribution is 0.401. The molecule has 0 fully saturated rings. The Morgan fingerprint density at radius 1 is 1.03 bits per heavy atom. The quantitative estimate of drug-likeness (QED) is 0.265. The lowest BCUT2D eigenvalue weighted by atomic mass is 10.2. The van der Waals surface area contributed by atoms with Crippen LogP contribution < -0.4 is 19.9 Å². The molecule has 0 saturated carbocycles. The summed E-state index contributed by atoms with van der Waals surface area (Å²) in [5, 5.41) is 0. The number of methoxy groups -OCH3 is 1. The number of hydrogen-bond acceptors (Lipinski definition) is 8. The Hall–Kier alpha value is -4.03. The van der Waals surface area contributed by atoms with Gasteiger partial charge in [0.15, 0.2) is 28.8 Å². The summed E-state index contributed by atoms with van der Waals surface area (Å²) in [5.74, 6) is -4.70. The Labute approximate surface area is 201 Å². The number of halogens is 3. The summed E-state index contributed by atoms with van der Waals surface area (Å²) in [6.45, 7) is 0.